The maximum atomic E-state index is 12.9. The van der Waals surface area contributed by atoms with E-state index in [2.05, 4.69) is 91.9 Å². The Bertz CT molecular complexity index is 1960. The number of amides is 2. The summed E-state index contributed by atoms with van der Waals surface area (Å²) in [6.45, 7) is 2.89. The van der Waals surface area contributed by atoms with Crippen LogP contribution in [0, 0.1) is 0 Å². The first kappa shape index (κ1) is 38.0. The molecule has 6 rings (SSSR count). The summed E-state index contributed by atoms with van der Waals surface area (Å²) in [5.41, 5.74) is 8.90. The second-order valence-electron chi connectivity index (χ2n) is 14.1. The van der Waals surface area contributed by atoms with Gasteiger partial charge in [0, 0.05) is 53.9 Å². The predicted octanol–water partition coefficient (Wildman–Crippen LogP) is 7.67. The van der Waals surface area contributed by atoms with Crippen molar-refractivity contribution in [1.82, 2.24) is 9.80 Å². The molecule has 54 heavy (non-hydrogen) atoms. The minimum atomic E-state index is -0.118. The van der Waals surface area contributed by atoms with Gasteiger partial charge in [-0.1, -0.05) is 110 Å². The van der Waals surface area contributed by atoms with Crippen molar-refractivity contribution in [2.75, 3.05) is 48.0 Å². The molecule has 0 heterocycles. The van der Waals surface area contributed by atoms with Crippen LogP contribution in [0.2, 0.25) is 0 Å². The number of carbonyl (C=O) groups excluding carboxylic acids is 2. The van der Waals surface area contributed by atoms with Crippen molar-refractivity contribution >= 4 is 11.8 Å². The number of hydrogen-bond acceptors (Lipinski definition) is 6. The molecule has 0 saturated carbocycles. The summed E-state index contributed by atoms with van der Waals surface area (Å²) in [7, 11) is 6.94. The summed E-state index contributed by atoms with van der Waals surface area (Å²) in [5, 5.41) is 0. The molecule has 0 spiro atoms. The highest BCUT2D eigenvalue weighted by Crippen LogP contribution is 2.39. The zero-order chi connectivity index (χ0) is 38.0. The van der Waals surface area contributed by atoms with E-state index in [1.807, 2.05) is 18.2 Å². The van der Waals surface area contributed by atoms with Crippen LogP contribution in [-0.4, -0.2) is 69.6 Å². The van der Waals surface area contributed by atoms with E-state index in [9.17, 15) is 9.59 Å². The third-order valence-corrected chi connectivity index (χ3v) is 9.59. The van der Waals surface area contributed by atoms with Crippen LogP contribution in [-0.2, 0) is 41.9 Å². The van der Waals surface area contributed by atoms with Crippen molar-refractivity contribution in [1.29, 1.82) is 0 Å². The SMILES string of the molecule is CCCOc1c2cccc1Cc1cccc(c1OCC(=O)N(C)C)Cc1cccc(c1OCc1ccccc1)Cc1cccc(c1OCC(=O)N(C)C)C2. The average Bonchev–Trinajstić information content (AvgIpc) is 3.16. The molecule has 0 atom stereocenters. The Hall–Kier alpha value is -5.76. The third-order valence-electron chi connectivity index (χ3n) is 9.59. The molecule has 8 bridgehead atoms. The van der Waals surface area contributed by atoms with E-state index < -0.39 is 0 Å². The summed E-state index contributed by atoms with van der Waals surface area (Å²) >= 11 is 0. The minimum absolute atomic E-state index is 0.0819. The zero-order valence-corrected chi connectivity index (χ0v) is 32.0. The Morgan fingerprint density at radius 1 is 0.463 bits per heavy atom. The first-order valence-electron chi connectivity index (χ1n) is 18.6. The van der Waals surface area contributed by atoms with E-state index in [1.54, 1.807) is 38.0 Å². The highest BCUT2D eigenvalue weighted by molar-refractivity contribution is 5.77. The second kappa shape index (κ2) is 17.8. The highest BCUT2D eigenvalue weighted by Gasteiger charge is 2.23. The molecule has 0 radical (unpaired) electrons. The molecule has 1 aliphatic rings. The molecule has 0 saturated heterocycles. The molecule has 2 amide bonds. The lowest BCUT2D eigenvalue weighted by atomic mass is 9.91. The van der Waals surface area contributed by atoms with Crippen LogP contribution in [0.4, 0.5) is 0 Å². The first-order valence-corrected chi connectivity index (χ1v) is 18.6. The maximum absolute atomic E-state index is 12.9. The Labute approximate surface area is 319 Å². The summed E-state index contributed by atoms with van der Waals surface area (Å²) in [6.07, 6.45) is 2.94. The van der Waals surface area contributed by atoms with Gasteiger partial charge in [0.05, 0.1) is 6.61 Å². The molecule has 0 aliphatic heterocycles. The van der Waals surface area contributed by atoms with E-state index in [1.165, 1.54) is 0 Å². The van der Waals surface area contributed by atoms with Crippen molar-refractivity contribution in [3.8, 4) is 23.0 Å². The summed E-state index contributed by atoms with van der Waals surface area (Å²) in [4.78, 5) is 28.8. The third kappa shape index (κ3) is 9.23. The van der Waals surface area contributed by atoms with Gasteiger partial charge in [-0.3, -0.25) is 9.59 Å². The fraction of sp³-hybridized carbons (Fsp3) is 0.304. The van der Waals surface area contributed by atoms with Crippen LogP contribution in [0.3, 0.4) is 0 Å². The van der Waals surface area contributed by atoms with Crippen molar-refractivity contribution in [3.05, 3.63) is 153 Å². The van der Waals surface area contributed by atoms with Gasteiger partial charge in [-0.2, -0.15) is 0 Å². The topological polar surface area (TPSA) is 77.5 Å². The van der Waals surface area contributed by atoms with Gasteiger partial charge >= 0.3 is 0 Å². The van der Waals surface area contributed by atoms with Gasteiger partial charge in [-0.15, -0.1) is 0 Å². The van der Waals surface area contributed by atoms with E-state index in [0.29, 0.717) is 50.4 Å². The minimum Gasteiger partial charge on any atom is -0.493 e. The van der Waals surface area contributed by atoms with Gasteiger partial charge in [0.1, 0.15) is 29.6 Å². The Kier molecular flexibility index (Phi) is 12.5. The average molecular weight is 727 g/mol. The lowest BCUT2D eigenvalue weighted by Gasteiger charge is -2.23. The predicted molar refractivity (Wildman–Crippen MR) is 212 cm³/mol. The van der Waals surface area contributed by atoms with Crippen molar-refractivity contribution < 1.29 is 28.5 Å². The van der Waals surface area contributed by atoms with Crippen molar-refractivity contribution in [3.63, 3.8) is 0 Å². The normalized spacial score (nSPS) is 12.0. The molecular weight excluding hydrogens is 677 g/mol. The van der Waals surface area contributed by atoms with E-state index in [4.69, 9.17) is 18.9 Å². The molecule has 5 aromatic rings. The van der Waals surface area contributed by atoms with Gasteiger partial charge in [0.2, 0.25) is 0 Å². The van der Waals surface area contributed by atoms with E-state index >= 15 is 0 Å². The van der Waals surface area contributed by atoms with Crippen LogP contribution in [0.25, 0.3) is 0 Å². The monoisotopic (exact) mass is 726 g/mol. The summed E-state index contributed by atoms with van der Waals surface area (Å²) < 4.78 is 26.2. The molecular formula is C46H50N2O6. The Morgan fingerprint density at radius 2 is 0.796 bits per heavy atom. The number of hydrogen-bond donors (Lipinski definition) is 0. The number of benzene rings is 5. The largest absolute Gasteiger partial charge is 0.493 e. The smallest absolute Gasteiger partial charge is 0.259 e. The second-order valence-corrected chi connectivity index (χ2v) is 14.1. The standard InChI is InChI=1S/C46H50N2O6/c1-6-24-51-43-33-16-10-17-34(43)26-38-21-13-23-40(46(38)54-31-42(50)48(4)5)28-36-19-11-18-35(44(36)52-29-32-14-8-7-9-15-32)27-39-22-12-20-37(25-33)45(39)53-30-41(49)47(2)3/h7-23H,6,24-31H2,1-5H3. The van der Waals surface area contributed by atoms with Gasteiger partial charge in [-0.05, 0) is 56.5 Å². The van der Waals surface area contributed by atoms with Crippen molar-refractivity contribution in [2.24, 2.45) is 0 Å². The molecule has 8 nitrogen and oxygen atoms in total. The quantitative estimate of drug-likeness (QED) is 0.129. The zero-order valence-electron chi connectivity index (χ0n) is 32.0. The fourth-order valence-electron chi connectivity index (χ4n) is 6.69. The number of ether oxygens (including phenoxy) is 4. The maximum Gasteiger partial charge on any atom is 0.259 e. The summed E-state index contributed by atoms with van der Waals surface area (Å²) in [6, 6.07) is 35.0. The molecule has 8 heteroatoms. The molecule has 0 N–H and O–H groups in total. The van der Waals surface area contributed by atoms with E-state index in [0.717, 1.165) is 68.0 Å². The highest BCUT2D eigenvalue weighted by atomic mass is 16.5. The molecule has 1 aliphatic carbocycles. The molecule has 0 aromatic heterocycles. The van der Waals surface area contributed by atoms with E-state index in [-0.39, 0.29) is 25.0 Å². The summed E-state index contributed by atoms with van der Waals surface area (Å²) in [5.74, 6) is 2.76. The number of nitrogens with zero attached hydrogens (tertiary/aromatic N) is 2. The number of para-hydroxylation sites is 4. The van der Waals surface area contributed by atoms with Crippen LogP contribution >= 0.6 is 0 Å². The number of fused-ring (bicyclic) bond motifs is 8. The molecule has 280 valence electrons. The first-order chi connectivity index (χ1) is 26.2. The Morgan fingerprint density at radius 3 is 1.13 bits per heavy atom. The van der Waals surface area contributed by atoms with Gasteiger partial charge in [-0.25, -0.2) is 0 Å². The van der Waals surface area contributed by atoms with Crippen LogP contribution < -0.4 is 18.9 Å². The number of rotatable bonds is 12. The molecule has 5 aromatic carbocycles. The Balaban J connectivity index is 1.54. The molecule has 0 fully saturated rings. The van der Waals surface area contributed by atoms with Gasteiger partial charge < -0.3 is 28.7 Å². The number of carbonyl (C=O) groups is 2. The van der Waals surface area contributed by atoms with Crippen LogP contribution in [0.1, 0.15) is 63.4 Å². The van der Waals surface area contributed by atoms with Gasteiger partial charge in [0.15, 0.2) is 13.2 Å². The van der Waals surface area contributed by atoms with Crippen molar-refractivity contribution in [2.45, 2.75) is 45.6 Å². The lowest BCUT2D eigenvalue weighted by Crippen LogP contribution is -2.28. The van der Waals surface area contributed by atoms with Gasteiger partial charge in [0.25, 0.3) is 11.8 Å². The van der Waals surface area contributed by atoms with Crippen LogP contribution in [0.5, 0.6) is 23.0 Å². The molecule has 0 unspecified atom stereocenters. The fourth-order valence-corrected chi connectivity index (χ4v) is 6.69. The number of likely N-dealkylation sites (N-methyl/N-ethyl adjacent to an activating group) is 2. The van der Waals surface area contributed by atoms with Crippen LogP contribution in [0.15, 0.2) is 103 Å². The lowest BCUT2D eigenvalue weighted by molar-refractivity contribution is -0.131.